The van der Waals surface area contributed by atoms with Crippen LogP contribution in [0.3, 0.4) is 0 Å². The molecule has 2 radical (unpaired) electrons. The molecule has 1 fully saturated rings. The Hall–Kier alpha value is -1.07. The summed E-state index contributed by atoms with van der Waals surface area (Å²) >= 11 is 0. The Balaban J connectivity index is 1.73. The van der Waals surface area contributed by atoms with E-state index in [0.717, 1.165) is 17.7 Å². The first-order valence-electron chi connectivity index (χ1n) is 6.10. The van der Waals surface area contributed by atoms with E-state index in [1.165, 1.54) is 32.1 Å². The fourth-order valence-corrected chi connectivity index (χ4v) is 2.77. The molecule has 82 valence electrons. The zero-order valence-electron chi connectivity index (χ0n) is 9.58. The van der Waals surface area contributed by atoms with E-state index < -0.39 is 0 Å². The van der Waals surface area contributed by atoms with Gasteiger partial charge in [0.1, 0.15) is 0 Å². The molecule has 1 heterocycles. The van der Waals surface area contributed by atoms with Gasteiger partial charge >= 0.3 is 0 Å². The molecule has 0 spiro atoms. The molecule has 0 bridgehead atoms. The summed E-state index contributed by atoms with van der Waals surface area (Å²) in [5.41, 5.74) is 3.26. The minimum atomic E-state index is 0.553. The molecule has 0 N–H and O–H groups in total. The van der Waals surface area contributed by atoms with Gasteiger partial charge in [-0.15, -0.1) is 11.5 Å². The molecular weight excluding hydrogens is 210 g/mol. The van der Waals surface area contributed by atoms with Crippen LogP contribution in [-0.4, -0.2) is 14.5 Å². The van der Waals surface area contributed by atoms with Gasteiger partial charge in [-0.1, -0.05) is 25.3 Å². The summed E-state index contributed by atoms with van der Waals surface area (Å²) in [5.74, 6) is 4.20. The Morgan fingerprint density at radius 1 is 1.25 bits per heavy atom. The van der Waals surface area contributed by atoms with Crippen molar-refractivity contribution in [2.24, 2.45) is 5.92 Å². The van der Waals surface area contributed by atoms with E-state index in [9.17, 15) is 0 Å². The van der Waals surface area contributed by atoms with Crippen molar-refractivity contribution in [3.63, 3.8) is 0 Å². The average Bonchev–Trinajstić information content (AvgIpc) is 2.37. The van der Waals surface area contributed by atoms with Crippen molar-refractivity contribution in [3.05, 3.63) is 24.4 Å². The van der Waals surface area contributed by atoms with Gasteiger partial charge in [-0.05, 0) is 30.9 Å². The van der Waals surface area contributed by atoms with Gasteiger partial charge in [0.05, 0.1) is 0 Å². The van der Waals surface area contributed by atoms with Gasteiger partial charge in [0, 0.05) is 17.9 Å². The molecule has 0 atom stereocenters. The van der Waals surface area contributed by atoms with Crippen molar-refractivity contribution in [2.45, 2.75) is 38.5 Å². The molecular formula is C14H17NSi. The van der Waals surface area contributed by atoms with Crippen molar-refractivity contribution in [3.8, 4) is 11.5 Å². The summed E-state index contributed by atoms with van der Waals surface area (Å²) in [6, 6.07) is 6.02. The highest BCUT2D eigenvalue weighted by Crippen LogP contribution is 2.25. The molecule has 0 aromatic carbocycles. The predicted octanol–water partition coefficient (Wildman–Crippen LogP) is 2.34. The second-order valence-corrected chi connectivity index (χ2v) is 5.36. The van der Waals surface area contributed by atoms with Gasteiger partial charge in [0.15, 0.2) is 0 Å². The Morgan fingerprint density at radius 3 is 2.88 bits per heavy atom. The standard InChI is InChI=1S/C14H17NSi/c1-2-7-13(8-3-1)9-6-12-16-14-10-4-5-11-15-14/h4-5,10-11,13H,1-3,7-9H2. The first-order chi connectivity index (χ1) is 7.95. The van der Waals surface area contributed by atoms with Gasteiger partial charge in [-0.3, -0.25) is 4.98 Å². The van der Waals surface area contributed by atoms with Crippen molar-refractivity contribution in [1.82, 2.24) is 4.98 Å². The van der Waals surface area contributed by atoms with Crippen LogP contribution >= 0.6 is 0 Å². The molecule has 0 amide bonds. The van der Waals surface area contributed by atoms with Crippen LogP contribution in [0.25, 0.3) is 0 Å². The maximum Gasteiger partial charge on any atom is 0.211 e. The monoisotopic (exact) mass is 227 g/mol. The molecule has 2 rings (SSSR count). The van der Waals surface area contributed by atoms with E-state index in [4.69, 9.17) is 0 Å². The summed E-state index contributed by atoms with van der Waals surface area (Å²) in [7, 11) is 0.553. The minimum absolute atomic E-state index is 0.553. The number of nitrogens with zero attached hydrogens (tertiary/aromatic N) is 1. The number of rotatable bonds is 2. The van der Waals surface area contributed by atoms with Gasteiger partial charge in [0.2, 0.25) is 9.52 Å². The first kappa shape index (κ1) is 11.4. The molecule has 1 aromatic heterocycles. The number of pyridine rings is 1. The first-order valence-corrected chi connectivity index (χ1v) is 7.10. The van der Waals surface area contributed by atoms with Crippen LogP contribution in [-0.2, 0) is 0 Å². The average molecular weight is 227 g/mol. The Morgan fingerprint density at radius 2 is 2.12 bits per heavy atom. The molecule has 1 aliphatic rings. The minimum Gasteiger partial charge on any atom is -0.265 e. The molecule has 2 heteroatoms. The van der Waals surface area contributed by atoms with Crippen LogP contribution in [0, 0.1) is 17.4 Å². The third kappa shape index (κ3) is 3.82. The lowest BCUT2D eigenvalue weighted by molar-refractivity contribution is 0.365. The lowest BCUT2D eigenvalue weighted by atomic mass is 9.87. The van der Waals surface area contributed by atoms with E-state index >= 15 is 0 Å². The van der Waals surface area contributed by atoms with Crippen LogP contribution in [0.15, 0.2) is 24.4 Å². The molecule has 1 nitrogen and oxygen atoms in total. The second kappa shape index (κ2) is 6.50. The van der Waals surface area contributed by atoms with E-state index in [1.807, 2.05) is 24.4 Å². The topological polar surface area (TPSA) is 12.9 Å². The van der Waals surface area contributed by atoms with Crippen molar-refractivity contribution >= 4 is 14.8 Å². The second-order valence-electron chi connectivity index (χ2n) is 4.35. The molecule has 0 aliphatic heterocycles. The SMILES string of the molecule is C(#C[Si]c1ccccn1)CC1CCCCC1. The summed E-state index contributed by atoms with van der Waals surface area (Å²) < 4.78 is 0. The number of hydrogen-bond acceptors (Lipinski definition) is 1. The van der Waals surface area contributed by atoms with Crippen molar-refractivity contribution in [1.29, 1.82) is 0 Å². The highest BCUT2D eigenvalue weighted by molar-refractivity contribution is 6.60. The quantitative estimate of drug-likeness (QED) is 0.558. The predicted molar refractivity (Wildman–Crippen MR) is 68.6 cm³/mol. The Kier molecular flexibility index (Phi) is 4.63. The lowest BCUT2D eigenvalue weighted by Gasteiger charge is -2.18. The maximum absolute atomic E-state index is 4.27. The molecule has 16 heavy (non-hydrogen) atoms. The van der Waals surface area contributed by atoms with Crippen LogP contribution < -0.4 is 5.32 Å². The lowest BCUT2D eigenvalue weighted by Crippen LogP contribution is -2.15. The molecule has 1 aliphatic carbocycles. The summed E-state index contributed by atoms with van der Waals surface area (Å²) in [4.78, 5) is 4.27. The highest BCUT2D eigenvalue weighted by Gasteiger charge is 2.11. The highest BCUT2D eigenvalue weighted by atomic mass is 28.2. The smallest absolute Gasteiger partial charge is 0.211 e. The zero-order valence-corrected chi connectivity index (χ0v) is 10.6. The fraction of sp³-hybridized carbons (Fsp3) is 0.500. The van der Waals surface area contributed by atoms with Crippen LogP contribution in [0.1, 0.15) is 38.5 Å². The van der Waals surface area contributed by atoms with E-state index in [-0.39, 0.29) is 0 Å². The summed E-state index contributed by atoms with van der Waals surface area (Å²) in [5, 5.41) is 1.11. The number of aromatic nitrogens is 1. The fourth-order valence-electron chi connectivity index (χ4n) is 2.13. The summed E-state index contributed by atoms with van der Waals surface area (Å²) in [6.45, 7) is 0. The third-order valence-corrected chi connectivity index (χ3v) is 3.91. The van der Waals surface area contributed by atoms with Crippen molar-refractivity contribution < 1.29 is 0 Å². The van der Waals surface area contributed by atoms with Gasteiger partial charge in [0.25, 0.3) is 0 Å². The molecule has 0 saturated heterocycles. The van der Waals surface area contributed by atoms with E-state index in [0.29, 0.717) is 9.52 Å². The summed E-state index contributed by atoms with van der Waals surface area (Å²) in [6.07, 6.45) is 9.97. The van der Waals surface area contributed by atoms with Crippen molar-refractivity contribution in [2.75, 3.05) is 0 Å². The molecule has 1 saturated carbocycles. The van der Waals surface area contributed by atoms with E-state index in [1.54, 1.807) is 0 Å². The maximum atomic E-state index is 4.27. The van der Waals surface area contributed by atoms with Gasteiger partial charge in [-0.25, -0.2) is 0 Å². The Labute approximate surface area is 101 Å². The van der Waals surface area contributed by atoms with Gasteiger partial charge < -0.3 is 0 Å². The number of hydrogen-bond donors (Lipinski definition) is 0. The van der Waals surface area contributed by atoms with E-state index in [2.05, 4.69) is 16.4 Å². The zero-order chi connectivity index (χ0) is 11.1. The van der Waals surface area contributed by atoms with Crippen LogP contribution in [0.2, 0.25) is 0 Å². The van der Waals surface area contributed by atoms with Gasteiger partial charge in [-0.2, -0.15) is 0 Å². The van der Waals surface area contributed by atoms with Crippen LogP contribution in [0.5, 0.6) is 0 Å². The van der Waals surface area contributed by atoms with Crippen LogP contribution in [0.4, 0.5) is 0 Å². The molecule has 0 unspecified atom stereocenters. The largest absolute Gasteiger partial charge is 0.265 e. The normalized spacial score (nSPS) is 16.5. The third-order valence-electron chi connectivity index (χ3n) is 3.06. The molecule has 1 aromatic rings. The Bertz CT molecular complexity index is 357.